The van der Waals surface area contributed by atoms with Crippen molar-refractivity contribution < 1.29 is 29.6 Å². The number of aliphatic hydroxyl groups excluding tert-OH is 2. The predicted molar refractivity (Wildman–Crippen MR) is 113 cm³/mol. The van der Waals surface area contributed by atoms with Crippen molar-refractivity contribution in [3.8, 4) is 11.5 Å². The maximum atomic E-state index is 11.7. The molecule has 7 heteroatoms. The minimum atomic E-state index is -1.44. The number of ether oxygens (including phenoxy) is 2. The van der Waals surface area contributed by atoms with Crippen molar-refractivity contribution in [3.05, 3.63) is 39.5 Å². The first-order valence-electron chi connectivity index (χ1n) is 8.64. The van der Waals surface area contributed by atoms with Crippen LogP contribution >= 0.6 is 22.6 Å². The number of esters is 1. The minimum absolute atomic E-state index is 0.102. The van der Waals surface area contributed by atoms with Gasteiger partial charge in [-0.25, -0.2) is 4.79 Å². The molecule has 150 valence electrons. The first-order valence-corrected chi connectivity index (χ1v) is 9.71. The second kappa shape index (κ2) is 11.3. The van der Waals surface area contributed by atoms with Crippen LogP contribution in [0.4, 0.5) is 0 Å². The summed E-state index contributed by atoms with van der Waals surface area (Å²) in [6.07, 6.45) is 1.84. The van der Waals surface area contributed by atoms with Crippen LogP contribution in [-0.4, -0.2) is 47.2 Å². The Morgan fingerprint density at radius 3 is 2.59 bits per heavy atom. The van der Waals surface area contributed by atoms with Crippen LogP contribution in [0.5, 0.6) is 11.5 Å². The molecule has 0 spiro atoms. The largest absolute Gasteiger partial charge is 0.504 e. The van der Waals surface area contributed by atoms with Gasteiger partial charge in [-0.15, -0.1) is 6.58 Å². The fraction of sp³-hybridized carbons (Fsp3) is 0.450. The van der Waals surface area contributed by atoms with Crippen molar-refractivity contribution in [2.75, 3.05) is 13.7 Å². The van der Waals surface area contributed by atoms with Crippen LogP contribution < -0.4 is 4.74 Å². The molecule has 0 heterocycles. The molecule has 0 aliphatic carbocycles. The number of carbonyl (C=O) groups is 1. The van der Waals surface area contributed by atoms with E-state index in [1.807, 2.05) is 41.7 Å². The Morgan fingerprint density at radius 2 is 2.04 bits per heavy atom. The number of aromatic hydroxyl groups is 1. The quantitative estimate of drug-likeness (QED) is 0.265. The number of phenols is 1. The van der Waals surface area contributed by atoms with Crippen molar-refractivity contribution in [2.24, 2.45) is 5.92 Å². The highest BCUT2D eigenvalue weighted by Crippen LogP contribution is 2.33. The van der Waals surface area contributed by atoms with Gasteiger partial charge >= 0.3 is 5.97 Å². The molecule has 6 nitrogen and oxygen atoms in total. The molecule has 3 N–H and O–H groups in total. The Balaban J connectivity index is 2.78. The maximum absolute atomic E-state index is 11.7. The van der Waals surface area contributed by atoms with Crippen LogP contribution in [-0.2, 0) is 9.53 Å². The van der Waals surface area contributed by atoms with E-state index in [-0.39, 0.29) is 12.4 Å². The van der Waals surface area contributed by atoms with Crippen LogP contribution in [0.15, 0.2) is 30.4 Å². The number of hydrogen-bond donors (Lipinski definition) is 3. The van der Waals surface area contributed by atoms with E-state index < -0.39 is 24.1 Å². The Labute approximate surface area is 173 Å². The Hall–Kier alpha value is -1.58. The van der Waals surface area contributed by atoms with Gasteiger partial charge in [-0.3, -0.25) is 0 Å². The fourth-order valence-corrected chi connectivity index (χ4v) is 3.26. The normalized spacial score (nSPS) is 15.0. The van der Waals surface area contributed by atoms with Crippen LogP contribution in [0.3, 0.4) is 0 Å². The van der Waals surface area contributed by atoms with E-state index in [0.29, 0.717) is 22.2 Å². The Bertz CT molecular complexity index is 685. The molecule has 0 radical (unpaired) electrons. The lowest BCUT2D eigenvalue weighted by atomic mass is 9.91. The third kappa shape index (κ3) is 6.82. The average molecular weight is 490 g/mol. The summed E-state index contributed by atoms with van der Waals surface area (Å²) in [6, 6.07) is 3.56. The van der Waals surface area contributed by atoms with Gasteiger partial charge in [-0.2, -0.15) is 0 Å². The van der Waals surface area contributed by atoms with E-state index in [4.69, 9.17) is 9.47 Å². The zero-order chi connectivity index (χ0) is 20.6. The zero-order valence-electron chi connectivity index (χ0n) is 15.8. The average Bonchev–Trinajstić information content (AvgIpc) is 2.63. The number of allylic oxidation sites excluding steroid dienone is 1. The predicted octanol–water partition coefficient (Wildman–Crippen LogP) is 3.28. The van der Waals surface area contributed by atoms with Crippen LogP contribution in [0.1, 0.15) is 32.3 Å². The standard InChI is InChI=1S/C20H27IO6/c1-5-14(18(23)20(25)27-6-2)16(22)8-7-12(3)9-13-10-15(21)19(24)17(11-13)26-4/h5,9-11,14,16,18,22-24H,1,6-8H2,2-4H3/b12-9+/t14-,16-,18+/m1/s1. The zero-order valence-corrected chi connectivity index (χ0v) is 18.0. The number of methoxy groups -OCH3 is 1. The molecule has 3 atom stereocenters. The van der Waals surface area contributed by atoms with E-state index in [2.05, 4.69) is 6.58 Å². The van der Waals surface area contributed by atoms with Gasteiger partial charge in [0, 0.05) is 5.92 Å². The van der Waals surface area contributed by atoms with Gasteiger partial charge < -0.3 is 24.8 Å². The van der Waals surface area contributed by atoms with Crippen molar-refractivity contribution in [1.82, 2.24) is 0 Å². The molecule has 0 aliphatic heterocycles. The minimum Gasteiger partial charge on any atom is -0.504 e. The van der Waals surface area contributed by atoms with Gasteiger partial charge in [0.1, 0.15) is 0 Å². The molecule has 1 aromatic carbocycles. The summed E-state index contributed by atoms with van der Waals surface area (Å²) in [6.45, 7) is 7.33. The number of carbonyl (C=O) groups excluding carboxylic acids is 1. The second-order valence-corrected chi connectivity index (χ2v) is 7.32. The van der Waals surface area contributed by atoms with E-state index >= 15 is 0 Å². The highest BCUT2D eigenvalue weighted by molar-refractivity contribution is 14.1. The summed E-state index contributed by atoms with van der Waals surface area (Å²) in [5.74, 6) is -1.07. The molecule has 0 unspecified atom stereocenters. The smallest absolute Gasteiger partial charge is 0.335 e. The van der Waals surface area contributed by atoms with E-state index in [1.165, 1.54) is 13.2 Å². The Morgan fingerprint density at radius 1 is 1.37 bits per heavy atom. The molecule has 0 fully saturated rings. The molecular formula is C20H27IO6. The lowest BCUT2D eigenvalue weighted by Gasteiger charge is -2.23. The molecule has 0 bridgehead atoms. The third-order valence-electron chi connectivity index (χ3n) is 4.13. The van der Waals surface area contributed by atoms with Crippen LogP contribution in [0.25, 0.3) is 6.08 Å². The molecule has 0 amide bonds. The molecule has 0 aliphatic rings. The maximum Gasteiger partial charge on any atom is 0.335 e. The number of benzene rings is 1. The fourth-order valence-electron chi connectivity index (χ4n) is 2.64. The third-order valence-corrected chi connectivity index (χ3v) is 4.95. The second-order valence-electron chi connectivity index (χ2n) is 6.16. The number of halogens is 1. The van der Waals surface area contributed by atoms with Gasteiger partial charge in [-0.1, -0.05) is 17.7 Å². The van der Waals surface area contributed by atoms with Gasteiger partial charge in [0.2, 0.25) is 0 Å². The van der Waals surface area contributed by atoms with E-state index in [0.717, 1.165) is 11.1 Å². The summed E-state index contributed by atoms with van der Waals surface area (Å²) >= 11 is 2.03. The van der Waals surface area contributed by atoms with E-state index in [1.54, 1.807) is 13.0 Å². The van der Waals surface area contributed by atoms with Gasteiger partial charge in [0.05, 0.1) is 23.4 Å². The first-order chi connectivity index (χ1) is 12.7. The highest BCUT2D eigenvalue weighted by atomic mass is 127. The topological polar surface area (TPSA) is 96.2 Å². The van der Waals surface area contributed by atoms with Crippen LogP contribution in [0, 0.1) is 9.49 Å². The molecule has 1 aromatic rings. The molecule has 0 saturated carbocycles. The number of rotatable bonds is 10. The molecular weight excluding hydrogens is 463 g/mol. The summed E-state index contributed by atoms with van der Waals surface area (Å²) in [5, 5.41) is 30.3. The lowest BCUT2D eigenvalue weighted by molar-refractivity contribution is -0.157. The lowest BCUT2D eigenvalue weighted by Crippen LogP contribution is -2.37. The summed E-state index contributed by atoms with van der Waals surface area (Å²) in [4.78, 5) is 11.7. The SMILES string of the molecule is C=C[C@H]([C@H](O)CC/C(C)=C/c1cc(I)c(O)c(OC)c1)[C@H](O)C(=O)OCC. The first kappa shape index (κ1) is 23.5. The van der Waals surface area contributed by atoms with Gasteiger partial charge in [0.25, 0.3) is 0 Å². The number of phenolic OH excluding ortho intramolecular Hbond substituents is 1. The van der Waals surface area contributed by atoms with Crippen molar-refractivity contribution >= 4 is 34.6 Å². The van der Waals surface area contributed by atoms with Crippen LogP contribution in [0.2, 0.25) is 0 Å². The molecule has 27 heavy (non-hydrogen) atoms. The van der Waals surface area contributed by atoms with Crippen molar-refractivity contribution in [2.45, 2.75) is 38.9 Å². The molecule has 0 saturated heterocycles. The van der Waals surface area contributed by atoms with Gasteiger partial charge in [0.15, 0.2) is 17.6 Å². The highest BCUT2D eigenvalue weighted by Gasteiger charge is 2.30. The molecule has 0 aromatic heterocycles. The molecule has 1 rings (SSSR count). The van der Waals surface area contributed by atoms with Crippen molar-refractivity contribution in [3.63, 3.8) is 0 Å². The monoisotopic (exact) mass is 490 g/mol. The Kier molecular flexibility index (Phi) is 9.82. The summed E-state index contributed by atoms with van der Waals surface area (Å²) < 4.78 is 10.6. The number of aliphatic hydroxyl groups is 2. The van der Waals surface area contributed by atoms with E-state index in [9.17, 15) is 20.1 Å². The van der Waals surface area contributed by atoms with Crippen molar-refractivity contribution in [1.29, 1.82) is 0 Å². The summed E-state index contributed by atoms with van der Waals surface area (Å²) in [5.41, 5.74) is 1.86. The van der Waals surface area contributed by atoms with Gasteiger partial charge in [-0.05, 0) is 67.0 Å². The number of hydrogen-bond acceptors (Lipinski definition) is 6. The summed E-state index contributed by atoms with van der Waals surface area (Å²) in [7, 11) is 1.49.